The molecule has 1 N–H and O–H groups in total. The number of rotatable bonds is 2. The third-order valence-corrected chi connectivity index (χ3v) is 17.0. The van der Waals surface area contributed by atoms with E-state index in [2.05, 4.69) is 5.32 Å². The first-order valence-electron chi connectivity index (χ1n) is 9.33. The van der Waals surface area contributed by atoms with Crippen LogP contribution in [0.5, 0.6) is 0 Å². The Bertz CT molecular complexity index is 1280. The summed E-state index contributed by atoms with van der Waals surface area (Å²) in [6.07, 6.45) is -8.18. The molecular formula is C21H10F6InNO2S. The molecule has 1 fully saturated rings. The molecule has 0 aliphatic carbocycles. The van der Waals surface area contributed by atoms with E-state index >= 15 is 0 Å². The van der Waals surface area contributed by atoms with Gasteiger partial charge in [-0.25, -0.2) is 0 Å². The molecule has 0 saturated carbocycles. The molecule has 5 rings (SSSR count). The molecule has 3 aliphatic rings. The summed E-state index contributed by atoms with van der Waals surface area (Å²) >= 11 is -2.41. The Labute approximate surface area is 189 Å². The molecule has 162 valence electrons. The molecule has 1 saturated heterocycles. The van der Waals surface area contributed by atoms with E-state index in [4.69, 9.17) is 0 Å². The Morgan fingerprint density at radius 2 is 1.72 bits per heavy atom. The van der Waals surface area contributed by atoms with Gasteiger partial charge in [-0.15, -0.1) is 0 Å². The Morgan fingerprint density at radius 1 is 0.969 bits per heavy atom. The van der Waals surface area contributed by atoms with Crippen molar-refractivity contribution in [2.45, 2.75) is 18.8 Å². The van der Waals surface area contributed by atoms with Crippen LogP contribution >= 0.6 is 11.8 Å². The molecule has 0 radical (unpaired) electrons. The normalized spacial score (nSPS) is 19.7. The summed E-state index contributed by atoms with van der Waals surface area (Å²) in [6, 6.07) is 7.20. The van der Waals surface area contributed by atoms with Gasteiger partial charge in [0.2, 0.25) is 0 Å². The number of carbonyl (C=O) groups excluding carboxylic acids is 2. The second-order valence-corrected chi connectivity index (χ2v) is 16.6. The van der Waals surface area contributed by atoms with Gasteiger partial charge in [0, 0.05) is 0 Å². The van der Waals surface area contributed by atoms with Gasteiger partial charge in [-0.1, -0.05) is 0 Å². The first-order valence-corrected chi connectivity index (χ1v) is 15.1. The van der Waals surface area contributed by atoms with Crippen molar-refractivity contribution >= 4 is 57.1 Å². The van der Waals surface area contributed by atoms with Crippen molar-refractivity contribution in [3.05, 3.63) is 72.5 Å². The van der Waals surface area contributed by atoms with Crippen LogP contribution in [0.4, 0.5) is 31.1 Å². The van der Waals surface area contributed by atoms with E-state index < -0.39 is 56.1 Å². The van der Waals surface area contributed by atoms with Gasteiger partial charge >= 0.3 is 190 Å². The third-order valence-electron chi connectivity index (χ3n) is 5.73. The van der Waals surface area contributed by atoms with Crippen LogP contribution in [0.25, 0.3) is 9.41 Å². The first-order chi connectivity index (χ1) is 14.9. The molecular weight excluding hydrogens is 559 g/mol. The summed E-state index contributed by atoms with van der Waals surface area (Å²) in [4.78, 5) is 24.3. The van der Waals surface area contributed by atoms with Crippen molar-refractivity contribution in [2.24, 2.45) is 0 Å². The Balaban J connectivity index is 1.59. The zero-order valence-corrected chi connectivity index (χ0v) is 19.9. The van der Waals surface area contributed by atoms with Crippen LogP contribution in [-0.2, 0) is 23.6 Å². The fourth-order valence-electron chi connectivity index (χ4n) is 4.48. The zero-order valence-electron chi connectivity index (χ0n) is 15.8. The summed E-state index contributed by atoms with van der Waals surface area (Å²) in [5.41, 5.74) is -1.24. The Kier molecular flexibility index (Phi) is 4.87. The van der Waals surface area contributed by atoms with Gasteiger partial charge in [-0.2, -0.15) is 0 Å². The minimum atomic E-state index is -4.95. The maximum absolute atomic E-state index is 13.6. The number of carbonyl (C=O) groups is 2. The number of benzene rings is 2. The second kappa shape index (κ2) is 7.18. The van der Waals surface area contributed by atoms with Gasteiger partial charge in [0.05, 0.1) is 0 Å². The molecule has 4 bridgehead atoms. The van der Waals surface area contributed by atoms with Crippen LogP contribution < -0.4 is 8.64 Å². The fourth-order valence-corrected chi connectivity index (χ4v) is 16.9. The van der Waals surface area contributed by atoms with Crippen molar-refractivity contribution < 1.29 is 35.9 Å². The third kappa shape index (κ3) is 3.40. The van der Waals surface area contributed by atoms with E-state index in [1.807, 2.05) is 18.2 Å². The van der Waals surface area contributed by atoms with Gasteiger partial charge in [0.25, 0.3) is 0 Å². The van der Waals surface area contributed by atoms with E-state index in [1.165, 1.54) is 0 Å². The van der Waals surface area contributed by atoms with Crippen LogP contribution in [0.2, 0.25) is 0 Å². The molecule has 0 spiro atoms. The van der Waals surface area contributed by atoms with Crippen molar-refractivity contribution in [1.82, 2.24) is 5.32 Å². The van der Waals surface area contributed by atoms with Crippen LogP contribution in [0.15, 0.2) is 44.6 Å². The monoisotopic (exact) mass is 569 g/mol. The summed E-state index contributed by atoms with van der Waals surface area (Å²) < 4.78 is 82.3. The quantitative estimate of drug-likeness (QED) is 0.416. The summed E-state index contributed by atoms with van der Waals surface area (Å²) in [7, 11) is 0. The van der Waals surface area contributed by atoms with Crippen LogP contribution in [0.1, 0.15) is 27.8 Å². The summed E-state index contributed by atoms with van der Waals surface area (Å²) in [5, 5.41) is 1.71. The molecule has 11 heteroatoms. The molecule has 0 atom stereocenters. The Morgan fingerprint density at radius 3 is 2.31 bits per heavy atom. The van der Waals surface area contributed by atoms with Crippen LogP contribution in [0, 0.1) is 0 Å². The van der Waals surface area contributed by atoms with Crippen molar-refractivity contribution in [3.63, 3.8) is 0 Å². The summed E-state index contributed by atoms with van der Waals surface area (Å²) in [5.74, 6) is -0.517. The number of halogens is 6. The minimum absolute atomic E-state index is 0.151. The number of thioether (sulfide) groups is 1. The van der Waals surface area contributed by atoms with E-state index in [9.17, 15) is 35.9 Å². The average molecular weight is 569 g/mol. The van der Waals surface area contributed by atoms with E-state index in [0.29, 0.717) is 6.07 Å². The number of alkyl halides is 6. The molecule has 2 aromatic carbocycles. The topological polar surface area (TPSA) is 46.2 Å². The SMILES string of the molecule is O=C1NC(=O)/C(=[C]2\c3ccc[c]4c3C=[C](Cc3ccc(C(F)(F)F)cc3C(F)(F)F)[In]24)S1. The standard InChI is InChI=1S/C21H10F6NO2S.In/c22-20(23,24)15-9-8-13(16(11-15)21(25,26)27)7-3-6-12-4-1-2-5-14(12)10-17-18(29)28-19(30)31-17;/h1-2,5-6,8-9,11H,7H2,(H,28,29,30);. The van der Waals surface area contributed by atoms with Gasteiger partial charge in [-0.3, -0.25) is 0 Å². The van der Waals surface area contributed by atoms with Gasteiger partial charge < -0.3 is 0 Å². The van der Waals surface area contributed by atoms with Crippen LogP contribution in [0.3, 0.4) is 0 Å². The van der Waals surface area contributed by atoms with E-state index in [-0.39, 0.29) is 23.0 Å². The van der Waals surface area contributed by atoms with Crippen molar-refractivity contribution in [2.75, 3.05) is 0 Å². The van der Waals surface area contributed by atoms with Crippen molar-refractivity contribution in [1.29, 1.82) is 0 Å². The van der Waals surface area contributed by atoms with E-state index in [0.717, 1.165) is 38.9 Å². The molecule has 0 aromatic heterocycles. The zero-order chi connectivity index (χ0) is 23.0. The van der Waals surface area contributed by atoms with Gasteiger partial charge in [0.1, 0.15) is 0 Å². The number of amides is 2. The Hall–Kier alpha value is -2.14. The average Bonchev–Trinajstić information content (AvgIpc) is 3.25. The fraction of sp³-hybridized carbons (Fsp3) is 0.143. The second-order valence-electron chi connectivity index (χ2n) is 7.59. The predicted octanol–water partition coefficient (Wildman–Crippen LogP) is 4.85. The van der Waals surface area contributed by atoms with Gasteiger partial charge in [0.15, 0.2) is 0 Å². The molecule has 3 heterocycles. The maximum atomic E-state index is 13.6. The molecule has 3 nitrogen and oxygen atoms in total. The molecule has 2 amide bonds. The molecule has 0 unspecified atom stereocenters. The predicted molar refractivity (Wildman–Crippen MR) is 108 cm³/mol. The number of imide groups is 1. The van der Waals surface area contributed by atoms with Crippen molar-refractivity contribution in [3.8, 4) is 0 Å². The van der Waals surface area contributed by atoms with E-state index in [1.54, 1.807) is 6.07 Å². The number of nitrogens with one attached hydrogen (secondary N) is 1. The van der Waals surface area contributed by atoms with Crippen LogP contribution in [-0.4, -0.2) is 32.6 Å². The molecule has 2 aromatic rings. The molecule has 32 heavy (non-hydrogen) atoms. The van der Waals surface area contributed by atoms with Gasteiger partial charge in [-0.05, 0) is 0 Å². The molecule has 3 aliphatic heterocycles. The number of hydrogen-bond donors (Lipinski definition) is 1. The first kappa shape index (κ1) is 21.7. The number of allylic oxidation sites excluding steroid dienone is 1. The number of hydrogen-bond acceptors (Lipinski definition) is 3. The summed E-state index contributed by atoms with van der Waals surface area (Å²) in [6.45, 7) is 0.